The molecule has 2 unspecified atom stereocenters. The maximum Gasteiger partial charge on any atom is 0.318 e. The summed E-state index contributed by atoms with van der Waals surface area (Å²) in [5.74, 6) is -4.48. The molecule has 0 saturated heterocycles. The summed E-state index contributed by atoms with van der Waals surface area (Å²) in [6.07, 6.45) is -3.11. The molecule has 2 atom stereocenters. The fourth-order valence-electron chi connectivity index (χ4n) is 2.30. The van der Waals surface area contributed by atoms with E-state index in [0.29, 0.717) is 0 Å². The Kier molecular flexibility index (Phi) is 5.78. The molecule has 0 aromatic heterocycles. The standard InChI is InChI=1S/C15H19F3O3/c1-4-21-14(19)12(13(17)18)15(20,9(2)3)10-5-7-11(16)8-6-10/h5-9,12-13,20H,4H2,1-3H3. The normalized spacial score (nSPS) is 15.9. The van der Waals surface area contributed by atoms with Gasteiger partial charge in [0.15, 0.2) is 5.92 Å². The van der Waals surface area contributed by atoms with Crippen LogP contribution in [0.4, 0.5) is 13.2 Å². The van der Waals surface area contributed by atoms with E-state index in [1.807, 2.05) is 0 Å². The fraction of sp³-hybridized carbons (Fsp3) is 0.533. The van der Waals surface area contributed by atoms with Gasteiger partial charge in [-0.15, -0.1) is 0 Å². The molecule has 0 heterocycles. The van der Waals surface area contributed by atoms with E-state index in [-0.39, 0.29) is 12.2 Å². The Bertz CT molecular complexity index is 474. The predicted octanol–water partition coefficient (Wildman–Crippen LogP) is 3.11. The van der Waals surface area contributed by atoms with E-state index in [1.165, 1.54) is 32.9 Å². The molecular weight excluding hydrogens is 285 g/mol. The predicted molar refractivity (Wildman–Crippen MR) is 71.3 cm³/mol. The minimum Gasteiger partial charge on any atom is -0.466 e. The second kappa shape index (κ2) is 6.93. The zero-order chi connectivity index (χ0) is 16.2. The summed E-state index contributed by atoms with van der Waals surface area (Å²) in [6, 6.07) is 4.50. The summed E-state index contributed by atoms with van der Waals surface area (Å²) in [4.78, 5) is 11.8. The first-order valence-corrected chi connectivity index (χ1v) is 6.68. The van der Waals surface area contributed by atoms with Crippen molar-refractivity contribution in [3.63, 3.8) is 0 Å². The molecule has 0 aliphatic heterocycles. The number of halogens is 3. The van der Waals surface area contributed by atoms with Crippen LogP contribution in [-0.4, -0.2) is 24.1 Å². The largest absolute Gasteiger partial charge is 0.466 e. The summed E-state index contributed by atoms with van der Waals surface area (Å²) >= 11 is 0. The summed E-state index contributed by atoms with van der Waals surface area (Å²) in [6.45, 7) is 4.45. The van der Waals surface area contributed by atoms with Gasteiger partial charge in [-0.2, -0.15) is 0 Å². The third-order valence-electron chi connectivity index (χ3n) is 3.45. The number of alkyl halides is 2. The third-order valence-corrected chi connectivity index (χ3v) is 3.45. The van der Waals surface area contributed by atoms with Gasteiger partial charge in [-0.1, -0.05) is 26.0 Å². The van der Waals surface area contributed by atoms with Gasteiger partial charge in [-0.25, -0.2) is 13.2 Å². The van der Waals surface area contributed by atoms with Crippen LogP contribution in [-0.2, 0) is 15.1 Å². The highest BCUT2D eigenvalue weighted by Gasteiger charge is 2.51. The topological polar surface area (TPSA) is 46.5 Å². The van der Waals surface area contributed by atoms with Gasteiger partial charge in [0.2, 0.25) is 0 Å². The number of aliphatic hydroxyl groups is 1. The molecule has 118 valence electrons. The number of carbonyl (C=O) groups is 1. The van der Waals surface area contributed by atoms with Gasteiger partial charge >= 0.3 is 5.97 Å². The molecule has 0 aliphatic rings. The second-order valence-electron chi connectivity index (χ2n) is 5.05. The maximum absolute atomic E-state index is 13.4. The average Bonchev–Trinajstić information content (AvgIpc) is 2.38. The Morgan fingerprint density at radius 2 is 1.81 bits per heavy atom. The lowest BCUT2D eigenvalue weighted by molar-refractivity contribution is -0.178. The minimum atomic E-state index is -3.11. The Hall–Kier alpha value is -1.56. The Balaban J connectivity index is 3.35. The van der Waals surface area contributed by atoms with Crippen molar-refractivity contribution >= 4 is 5.97 Å². The molecule has 0 radical (unpaired) electrons. The molecule has 0 saturated carbocycles. The number of ether oxygens (including phenoxy) is 1. The number of esters is 1. The van der Waals surface area contributed by atoms with Gasteiger partial charge in [0.05, 0.1) is 6.61 Å². The van der Waals surface area contributed by atoms with Gasteiger partial charge in [0.1, 0.15) is 11.4 Å². The van der Waals surface area contributed by atoms with Crippen LogP contribution in [0.2, 0.25) is 0 Å². The number of rotatable bonds is 6. The first-order valence-electron chi connectivity index (χ1n) is 6.68. The fourth-order valence-corrected chi connectivity index (χ4v) is 2.30. The number of carbonyl (C=O) groups excluding carboxylic acids is 1. The van der Waals surface area contributed by atoms with Crippen LogP contribution in [0.3, 0.4) is 0 Å². The van der Waals surface area contributed by atoms with Crippen molar-refractivity contribution in [2.45, 2.75) is 32.8 Å². The molecule has 0 bridgehead atoms. The third kappa shape index (κ3) is 3.56. The number of hydrogen-bond acceptors (Lipinski definition) is 3. The molecule has 0 fully saturated rings. The van der Waals surface area contributed by atoms with Crippen molar-refractivity contribution in [1.29, 1.82) is 0 Å². The van der Waals surface area contributed by atoms with Crippen molar-refractivity contribution in [3.05, 3.63) is 35.6 Å². The van der Waals surface area contributed by atoms with Crippen molar-refractivity contribution in [1.82, 2.24) is 0 Å². The number of benzene rings is 1. The van der Waals surface area contributed by atoms with E-state index in [9.17, 15) is 23.1 Å². The van der Waals surface area contributed by atoms with E-state index in [4.69, 9.17) is 0 Å². The van der Waals surface area contributed by atoms with Gasteiger partial charge in [-0.05, 0) is 30.5 Å². The summed E-state index contributed by atoms with van der Waals surface area (Å²) in [5, 5.41) is 10.8. The SMILES string of the molecule is CCOC(=O)C(C(F)F)C(O)(c1ccc(F)cc1)C(C)C. The summed E-state index contributed by atoms with van der Waals surface area (Å²) in [7, 11) is 0. The lowest BCUT2D eigenvalue weighted by Crippen LogP contribution is -2.48. The quantitative estimate of drug-likeness (QED) is 0.821. The Labute approximate surface area is 121 Å². The maximum atomic E-state index is 13.4. The van der Waals surface area contributed by atoms with Crippen LogP contribution in [0.1, 0.15) is 26.3 Å². The zero-order valence-corrected chi connectivity index (χ0v) is 12.1. The minimum absolute atomic E-state index is 0.0530. The van der Waals surface area contributed by atoms with Crippen LogP contribution in [0.25, 0.3) is 0 Å². The molecule has 1 aromatic rings. The second-order valence-corrected chi connectivity index (χ2v) is 5.05. The highest BCUT2D eigenvalue weighted by molar-refractivity contribution is 5.75. The van der Waals surface area contributed by atoms with Crippen LogP contribution < -0.4 is 0 Å². The molecule has 0 aliphatic carbocycles. The molecule has 21 heavy (non-hydrogen) atoms. The Morgan fingerprint density at radius 3 is 2.19 bits per heavy atom. The van der Waals surface area contributed by atoms with Crippen LogP contribution in [0.15, 0.2) is 24.3 Å². The lowest BCUT2D eigenvalue weighted by Gasteiger charge is -2.38. The molecule has 1 N–H and O–H groups in total. The van der Waals surface area contributed by atoms with Gasteiger partial charge in [0.25, 0.3) is 6.43 Å². The van der Waals surface area contributed by atoms with E-state index in [0.717, 1.165) is 12.1 Å². The monoisotopic (exact) mass is 304 g/mol. The average molecular weight is 304 g/mol. The lowest BCUT2D eigenvalue weighted by atomic mass is 9.73. The highest BCUT2D eigenvalue weighted by atomic mass is 19.3. The van der Waals surface area contributed by atoms with Crippen molar-refractivity contribution in [2.75, 3.05) is 6.61 Å². The van der Waals surface area contributed by atoms with Crippen LogP contribution >= 0.6 is 0 Å². The van der Waals surface area contributed by atoms with E-state index < -0.39 is 35.6 Å². The molecular formula is C15H19F3O3. The smallest absolute Gasteiger partial charge is 0.318 e. The van der Waals surface area contributed by atoms with E-state index >= 15 is 0 Å². The first-order chi connectivity index (χ1) is 9.75. The highest BCUT2D eigenvalue weighted by Crippen LogP contribution is 2.40. The van der Waals surface area contributed by atoms with Gasteiger partial charge in [0, 0.05) is 0 Å². The summed E-state index contributed by atoms with van der Waals surface area (Å²) < 4.78 is 44.4. The zero-order valence-electron chi connectivity index (χ0n) is 12.1. The van der Waals surface area contributed by atoms with Crippen molar-refractivity contribution < 1.29 is 27.8 Å². The molecule has 0 spiro atoms. The first kappa shape index (κ1) is 17.5. The van der Waals surface area contributed by atoms with E-state index in [2.05, 4.69) is 4.74 Å². The van der Waals surface area contributed by atoms with Crippen LogP contribution in [0, 0.1) is 17.7 Å². The summed E-state index contributed by atoms with van der Waals surface area (Å²) in [5.41, 5.74) is -2.09. The number of hydrogen-bond donors (Lipinski definition) is 1. The van der Waals surface area contributed by atoms with Crippen molar-refractivity contribution in [3.8, 4) is 0 Å². The van der Waals surface area contributed by atoms with Crippen molar-refractivity contribution in [2.24, 2.45) is 11.8 Å². The van der Waals surface area contributed by atoms with E-state index in [1.54, 1.807) is 0 Å². The molecule has 6 heteroatoms. The Morgan fingerprint density at radius 1 is 1.29 bits per heavy atom. The molecule has 0 amide bonds. The molecule has 1 aromatic carbocycles. The van der Waals surface area contributed by atoms with Crippen LogP contribution in [0.5, 0.6) is 0 Å². The molecule has 3 nitrogen and oxygen atoms in total. The molecule has 1 rings (SSSR count). The van der Waals surface area contributed by atoms with Gasteiger partial charge in [-0.3, -0.25) is 4.79 Å². The van der Waals surface area contributed by atoms with Gasteiger partial charge < -0.3 is 9.84 Å².